The Hall–Kier alpha value is -3.60. The molecule has 1 amide bonds. The highest BCUT2D eigenvalue weighted by atomic mass is 19.4. The van der Waals surface area contributed by atoms with Crippen molar-refractivity contribution in [2.45, 2.75) is 44.3 Å². The summed E-state index contributed by atoms with van der Waals surface area (Å²) in [5, 5.41) is 0.206. The van der Waals surface area contributed by atoms with E-state index < -0.39 is 17.5 Å². The predicted octanol–water partition coefficient (Wildman–Crippen LogP) is 4.51. The number of amides is 1. The fraction of sp³-hybridized carbons (Fsp3) is 0.444. The minimum Gasteiger partial charge on any atom is -0.396 e. The highest BCUT2D eigenvalue weighted by Gasteiger charge is 2.40. The lowest BCUT2D eigenvalue weighted by atomic mass is 9.97. The second kappa shape index (κ2) is 9.94. The van der Waals surface area contributed by atoms with Crippen LogP contribution in [0, 0.1) is 0 Å². The van der Waals surface area contributed by atoms with E-state index in [0.29, 0.717) is 55.2 Å². The van der Waals surface area contributed by atoms with E-state index in [0.717, 1.165) is 30.3 Å². The highest BCUT2D eigenvalue weighted by Crippen LogP contribution is 2.46. The van der Waals surface area contributed by atoms with Crippen molar-refractivity contribution in [3.63, 3.8) is 0 Å². The van der Waals surface area contributed by atoms with Crippen molar-refractivity contribution >= 4 is 34.1 Å². The molecule has 1 aliphatic heterocycles. The number of pyridine rings is 1. The number of carbonyl (C=O) groups is 2. The van der Waals surface area contributed by atoms with Crippen LogP contribution in [0.2, 0.25) is 0 Å². The Bertz CT molecular complexity index is 1380. The van der Waals surface area contributed by atoms with Gasteiger partial charge in [0.2, 0.25) is 5.91 Å². The number of nitrogens with zero attached hydrogens (tertiary/aromatic N) is 3. The van der Waals surface area contributed by atoms with E-state index in [1.807, 2.05) is 17.9 Å². The van der Waals surface area contributed by atoms with Gasteiger partial charge in [-0.1, -0.05) is 6.07 Å². The molecule has 8 nitrogen and oxygen atoms in total. The number of fused-ring (bicyclic) bond motifs is 1. The standard InChI is InChI=1S/C27H30F3N5O3/c1-15-14-34(8-9-35(15)23(36)7-10-38-2)26-21(31)12-18(24(33-26)16-3-4-16)17-5-6-22-19(11-17)20(13-32-22)25(37)27(28,29)30/h5-6,11-13,15-16,32H,3-4,7-10,14,31H2,1-2H3/t15-/m1/s1. The van der Waals surface area contributed by atoms with Crippen molar-refractivity contribution in [2.75, 3.05) is 44.0 Å². The molecule has 0 unspecified atom stereocenters. The lowest BCUT2D eigenvalue weighted by molar-refractivity contribution is -0.134. The number of ether oxygens (including phenoxy) is 1. The fourth-order valence-corrected chi connectivity index (χ4v) is 5.17. The summed E-state index contributed by atoms with van der Waals surface area (Å²) in [6.45, 7) is 4.09. The Kier molecular flexibility index (Phi) is 6.81. The van der Waals surface area contributed by atoms with Gasteiger partial charge < -0.3 is 25.3 Å². The van der Waals surface area contributed by atoms with E-state index >= 15 is 0 Å². The van der Waals surface area contributed by atoms with Crippen LogP contribution in [-0.2, 0) is 9.53 Å². The molecular formula is C27H30F3N5O3. The SMILES string of the molecule is COCCC(=O)N1CCN(c2nc(C3CC3)c(-c3ccc4[nH]cc(C(=O)C(F)(F)F)c4c3)cc2N)C[C@H]1C. The second-order valence-corrected chi connectivity index (χ2v) is 10.0. The third kappa shape index (κ3) is 4.94. The average Bonchev–Trinajstić information content (AvgIpc) is 3.64. The van der Waals surface area contributed by atoms with Crippen molar-refractivity contribution in [3.05, 3.63) is 41.7 Å². The van der Waals surface area contributed by atoms with E-state index in [1.54, 1.807) is 25.3 Å². The largest absolute Gasteiger partial charge is 0.454 e. The monoisotopic (exact) mass is 529 g/mol. The van der Waals surface area contributed by atoms with Crippen LogP contribution in [0.1, 0.15) is 48.2 Å². The normalized spacial score (nSPS) is 18.3. The van der Waals surface area contributed by atoms with Crippen molar-refractivity contribution in [2.24, 2.45) is 0 Å². The van der Waals surface area contributed by atoms with E-state index in [1.165, 1.54) is 0 Å². The van der Waals surface area contributed by atoms with Gasteiger partial charge in [0, 0.05) is 61.4 Å². The molecule has 0 radical (unpaired) electrons. The van der Waals surface area contributed by atoms with Crippen LogP contribution in [0.25, 0.3) is 22.0 Å². The van der Waals surface area contributed by atoms with Gasteiger partial charge in [0.05, 0.1) is 30.0 Å². The fourth-order valence-electron chi connectivity index (χ4n) is 5.17. The number of nitrogens with two attached hydrogens (primary N) is 1. The van der Waals surface area contributed by atoms with Gasteiger partial charge in [0.25, 0.3) is 5.78 Å². The summed E-state index contributed by atoms with van der Waals surface area (Å²) >= 11 is 0. The van der Waals surface area contributed by atoms with Gasteiger partial charge in [-0.15, -0.1) is 0 Å². The minimum absolute atomic E-state index is 0.0288. The second-order valence-electron chi connectivity index (χ2n) is 10.0. The number of ketones is 1. The Morgan fingerprint density at radius 1 is 1.21 bits per heavy atom. The number of Topliss-reactive ketones (excluding diaryl/α,β-unsaturated/α-hetero) is 1. The number of H-pyrrole nitrogens is 1. The number of piperazine rings is 1. The van der Waals surface area contributed by atoms with Crippen LogP contribution in [0.3, 0.4) is 0 Å². The van der Waals surface area contributed by atoms with Crippen LogP contribution >= 0.6 is 0 Å². The summed E-state index contributed by atoms with van der Waals surface area (Å²) in [4.78, 5) is 36.2. The molecule has 1 saturated heterocycles. The molecule has 3 N–H and O–H groups in total. The zero-order chi connectivity index (χ0) is 27.2. The molecule has 2 aromatic heterocycles. The first-order valence-corrected chi connectivity index (χ1v) is 12.6. The van der Waals surface area contributed by atoms with Crippen LogP contribution in [0.4, 0.5) is 24.7 Å². The Morgan fingerprint density at radius 3 is 2.63 bits per heavy atom. The van der Waals surface area contributed by atoms with E-state index in [9.17, 15) is 22.8 Å². The first-order valence-electron chi connectivity index (χ1n) is 12.6. The third-order valence-electron chi connectivity index (χ3n) is 7.29. The van der Waals surface area contributed by atoms with Gasteiger partial charge in [-0.25, -0.2) is 4.98 Å². The molecule has 38 heavy (non-hydrogen) atoms. The summed E-state index contributed by atoms with van der Waals surface area (Å²) < 4.78 is 44.5. The maximum Gasteiger partial charge on any atom is 0.454 e. The van der Waals surface area contributed by atoms with E-state index in [-0.39, 0.29) is 23.3 Å². The van der Waals surface area contributed by atoms with Gasteiger partial charge >= 0.3 is 6.18 Å². The summed E-state index contributed by atoms with van der Waals surface area (Å²) in [7, 11) is 1.57. The van der Waals surface area contributed by atoms with Gasteiger partial charge in [0.1, 0.15) is 0 Å². The third-order valence-corrected chi connectivity index (χ3v) is 7.29. The Labute approximate surface area is 217 Å². The number of carbonyl (C=O) groups excluding carboxylic acids is 2. The molecule has 3 aromatic rings. The average molecular weight is 530 g/mol. The number of benzene rings is 1. The van der Waals surface area contributed by atoms with Crippen molar-refractivity contribution in [1.29, 1.82) is 0 Å². The number of alkyl halides is 3. The lowest BCUT2D eigenvalue weighted by Gasteiger charge is -2.41. The number of aromatic amines is 1. The Balaban J connectivity index is 1.46. The van der Waals surface area contributed by atoms with Crippen LogP contribution in [0.5, 0.6) is 0 Å². The van der Waals surface area contributed by atoms with Gasteiger partial charge in [0.15, 0.2) is 5.82 Å². The molecule has 3 heterocycles. The van der Waals surface area contributed by atoms with Crippen molar-refractivity contribution < 1.29 is 27.5 Å². The number of hydrogen-bond donors (Lipinski definition) is 2. The Morgan fingerprint density at radius 2 is 1.97 bits per heavy atom. The summed E-state index contributed by atoms with van der Waals surface area (Å²) in [6.07, 6.45) is -1.60. The minimum atomic E-state index is -4.96. The number of aromatic nitrogens is 2. The van der Waals surface area contributed by atoms with Gasteiger partial charge in [-0.2, -0.15) is 13.2 Å². The summed E-state index contributed by atoms with van der Waals surface area (Å²) in [5.74, 6) is -0.943. The molecule has 1 saturated carbocycles. The number of anilines is 2. The smallest absolute Gasteiger partial charge is 0.396 e. The number of rotatable bonds is 7. The highest BCUT2D eigenvalue weighted by molar-refractivity contribution is 6.11. The zero-order valence-electron chi connectivity index (χ0n) is 21.3. The number of nitrogen functional groups attached to an aromatic ring is 1. The lowest BCUT2D eigenvalue weighted by Crippen LogP contribution is -2.54. The predicted molar refractivity (Wildman–Crippen MR) is 138 cm³/mol. The van der Waals surface area contributed by atoms with Crippen molar-refractivity contribution in [3.8, 4) is 11.1 Å². The molecule has 202 valence electrons. The molecule has 1 atom stereocenters. The quantitative estimate of drug-likeness (QED) is 0.437. The van der Waals surface area contributed by atoms with E-state index in [2.05, 4.69) is 9.88 Å². The molecular weight excluding hydrogens is 499 g/mol. The number of halogens is 3. The maximum atomic E-state index is 13.1. The first kappa shape index (κ1) is 26.0. The van der Waals surface area contributed by atoms with Crippen LogP contribution < -0.4 is 10.6 Å². The maximum absolute atomic E-state index is 13.1. The van der Waals surface area contributed by atoms with Crippen LogP contribution in [-0.4, -0.2) is 72.1 Å². The molecule has 1 aromatic carbocycles. The molecule has 0 spiro atoms. The van der Waals surface area contributed by atoms with Crippen LogP contribution in [0.15, 0.2) is 30.5 Å². The zero-order valence-corrected chi connectivity index (χ0v) is 21.3. The van der Waals surface area contributed by atoms with E-state index in [4.69, 9.17) is 15.5 Å². The van der Waals surface area contributed by atoms with Gasteiger partial charge in [-0.3, -0.25) is 9.59 Å². The molecule has 2 fully saturated rings. The first-order chi connectivity index (χ1) is 18.1. The number of nitrogens with one attached hydrogen (secondary N) is 1. The molecule has 11 heteroatoms. The topological polar surface area (TPSA) is 105 Å². The summed E-state index contributed by atoms with van der Waals surface area (Å²) in [5.41, 5.74) is 9.25. The molecule has 5 rings (SSSR count). The van der Waals surface area contributed by atoms with Crippen molar-refractivity contribution in [1.82, 2.24) is 14.9 Å². The molecule has 1 aliphatic carbocycles. The summed E-state index contributed by atoms with van der Waals surface area (Å²) in [6, 6.07) is 6.86. The van der Waals surface area contributed by atoms with Gasteiger partial charge in [-0.05, 0) is 43.5 Å². The number of hydrogen-bond acceptors (Lipinski definition) is 6. The molecule has 0 bridgehead atoms. The number of methoxy groups -OCH3 is 1. The molecule has 2 aliphatic rings.